The summed E-state index contributed by atoms with van der Waals surface area (Å²) in [6.45, 7) is 3.06. The Morgan fingerprint density at radius 2 is 1.94 bits per heavy atom. The highest BCUT2D eigenvalue weighted by molar-refractivity contribution is 5.98. The molecule has 8 heteroatoms. The van der Waals surface area contributed by atoms with Gasteiger partial charge in [0.05, 0.1) is 13.3 Å². The first-order chi connectivity index (χ1) is 14.9. The molecule has 2 N–H and O–H groups in total. The van der Waals surface area contributed by atoms with Crippen molar-refractivity contribution in [2.24, 2.45) is 0 Å². The minimum absolute atomic E-state index is 0.0147. The Balaban J connectivity index is 1.32. The molecule has 1 fully saturated rings. The van der Waals surface area contributed by atoms with Crippen molar-refractivity contribution in [3.63, 3.8) is 0 Å². The molecule has 0 radical (unpaired) electrons. The third kappa shape index (κ3) is 4.47. The maximum Gasteiger partial charge on any atom is 0.270 e. The number of fused-ring (bicyclic) bond motifs is 1. The van der Waals surface area contributed by atoms with Gasteiger partial charge in [0, 0.05) is 41.8 Å². The summed E-state index contributed by atoms with van der Waals surface area (Å²) < 4.78 is 6.76. The van der Waals surface area contributed by atoms with Crippen LogP contribution in [0.5, 0.6) is 5.75 Å². The van der Waals surface area contributed by atoms with Crippen LogP contribution in [0.25, 0.3) is 10.9 Å². The quantitative estimate of drug-likeness (QED) is 0.658. The molecule has 0 bridgehead atoms. The highest BCUT2D eigenvalue weighted by Crippen LogP contribution is 2.18. The number of aromatic amines is 1. The number of benzene rings is 1. The molecule has 31 heavy (non-hydrogen) atoms. The van der Waals surface area contributed by atoms with E-state index in [1.807, 2.05) is 35.2 Å². The van der Waals surface area contributed by atoms with Crippen molar-refractivity contribution in [1.29, 1.82) is 0 Å². The second-order valence-electron chi connectivity index (χ2n) is 7.88. The zero-order chi connectivity index (χ0) is 22.0. The van der Waals surface area contributed by atoms with E-state index in [0.717, 1.165) is 10.9 Å². The third-order valence-corrected chi connectivity index (χ3v) is 5.75. The average Bonchev–Trinajstić information content (AvgIpc) is 3.20. The zero-order valence-corrected chi connectivity index (χ0v) is 17.7. The summed E-state index contributed by atoms with van der Waals surface area (Å²) in [6.07, 6.45) is 2.95. The van der Waals surface area contributed by atoms with Crippen LogP contribution in [-0.2, 0) is 11.3 Å². The summed E-state index contributed by atoms with van der Waals surface area (Å²) in [5, 5.41) is 4.06. The number of piperidine rings is 1. The summed E-state index contributed by atoms with van der Waals surface area (Å²) >= 11 is 0. The normalized spacial score (nSPS) is 14.6. The minimum atomic E-state index is -0.205. The lowest BCUT2D eigenvalue weighted by Crippen LogP contribution is -2.47. The Kier molecular flexibility index (Phi) is 5.79. The molecule has 3 heterocycles. The molecule has 1 aliphatic heterocycles. The largest absolute Gasteiger partial charge is 0.491 e. The van der Waals surface area contributed by atoms with Crippen molar-refractivity contribution in [2.75, 3.05) is 20.2 Å². The molecule has 8 nitrogen and oxygen atoms in total. The molecule has 0 aliphatic carbocycles. The van der Waals surface area contributed by atoms with Crippen LogP contribution < -0.4 is 15.5 Å². The van der Waals surface area contributed by atoms with E-state index in [2.05, 4.69) is 10.3 Å². The smallest absolute Gasteiger partial charge is 0.270 e. The van der Waals surface area contributed by atoms with Crippen LogP contribution in [0.1, 0.15) is 29.0 Å². The second-order valence-corrected chi connectivity index (χ2v) is 7.88. The van der Waals surface area contributed by atoms with Crippen molar-refractivity contribution in [3.05, 3.63) is 64.2 Å². The summed E-state index contributed by atoms with van der Waals surface area (Å²) in [4.78, 5) is 42.1. The van der Waals surface area contributed by atoms with Gasteiger partial charge >= 0.3 is 0 Å². The molecule has 0 atom stereocenters. The SMILES string of the molecule is COc1cn(CC(=O)NC2CCN(C(=O)c3cc4ccccc4[nH]3)CC2)c(C)cc1=O. The van der Waals surface area contributed by atoms with Gasteiger partial charge in [0.1, 0.15) is 12.2 Å². The maximum absolute atomic E-state index is 12.8. The number of methoxy groups -OCH3 is 1. The van der Waals surface area contributed by atoms with E-state index in [1.165, 1.54) is 13.2 Å². The maximum atomic E-state index is 12.8. The number of aryl methyl sites for hydroxylation is 1. The fraction of sp³-hybridized carbons (Fsp3) is 0.348. The Labute approximate surface area is 179 Å². The van der Waals surface area contributed by atoms with Gasteiger partial charge in [-0.25, -0.2) is 0 Å². The van der Waals surface area contributed by atoms with Gasteiger partial charge in [-0.05, 0) is 31.9 Å². The molecule has 3 aromatic rings. The van der Waals surface area contributed by atoms with Crippen LogP contribution in [0.15, 0.2) is 47.4 Å². The molecule has 0 spiro atoms. The monoisotopic (exact) mass is 422 g/mol. The first kappa shape index (κ1) is 20.7. The Bertz CT molecular complexity index is 1140. The van der Waals surface area contributed by atoms with Crippen LogP contribution in [0.4, 0.5) is 0 Å². The topological polar surface area (TPSA) is 96.4 Å². The minimum Gasteiger partial charge on any atom is -0.491 e. The lowest BCUT2D eigenvalue weighted by Gasteiger charge is -2.32. The number of carbonyl (C=O) groups is 2. The summed E-state index contributed by atoms with van der Waals surface area (Å²) in [5.74, 6) is 0.0633. The number of nitrogens with zero attached hydrogens (tertiary/aromatic N) is 2. The predicted octanol–water partition coefficient (Wildman–Crippen LogP) is 2.07. The van der Waals surface area contributed by atoms with Gasteiger partial charge < -0.3 is 24.5 Å². The molecule has 1 aromatic carbocycles. The van der Waals surface area contributed by atoms with Crippen molar-refractivity contribution in [3.8, 4) is 5.75 Å². The van der Waals surface area contributed by atoms with E-state index < -0.39 is 0 Å². The van der Waals surface area contributed by atoms with E-state index in [1.54, 1.807) is 17.7 Å². The average molecular weight is 422 g/mol. The van der Waals surface area contributed by atoms with Crippen LogP contribution in [-0.4, -0.2) is 52.5 Å². The summed E-state index contributed by atoms with van der Waals surface area (Å²) in [6, 6.07) is 11.2. The highest BCUT2D eigenvalue weighted by Gasteiger charge is 2.25. The van der Waals surface area contributed by atoms with Gasteiger partial charge in [0.15, 0.2) is 5.75 Å². The molecule has 4 rings (SSSR count). The molecular weight excluding hydrogens is 396 g/mol. The third-order valence-electron chi connectivity index (χ3n) is 5.75. The molecule has 2 amide bonds. The van der Waals surface area contributed by atoms with Gasteiger partial charge in [-0.2, -0.15) is 0 Å². The number of likely N-dealkylation sites (tertiary alicyclic amines) is 1. The van der Waals surface area contributed by atoms with Gasteiger partial charge in [-0.3, -0.25) is 14.4 Å². The number of hydrogen-bond donors (Lipinski definition) is 2. The van der Waals surface area contributed by atoms with Gasteiger partial charge in [0.2, 0.25) is 11.3 Å². The number of pyridine rings is 1. The standard InChI is InChI=1S/C23H26N4O4/c1-15-11-20(28)21(31-2)13-27(15)14-22(29)24-17-7-9-26(10-8-17)23(30)19-12-16-5-3-4-6-18(16)25-19/h3-6,11-13,17,25H,7-10,14H2,1-2H3,(H,24,29). The van der Waals surface area contributed by atoms with E-state index >= 15 is 0 Å². The Morgan fingerprint density at radius 1 is 1.19 bits per heavy atom. The molecule has 0 saturated carbocycles. The molecule has 1 aliphatic rings. The van der Waals surface area contributed by atoms with E-state index in [-0.39, 0.29) is 35.6 Å². The van der Waals surface area contributed by atoms with Crippen LogP contribution in [0.3, 0.4) is 0 Å². The fourth-order valence-corrected chi connectivity index (χ4v) is 3.99. The number of aromatic nitrogens is 2. The number of hydrogen-bond acceptors (Lipinski definition) is 4. The van der Waals surface area contributed by atoms with Gasteiger partial charge in [0.25, 0.3) is 5.91 Å². The van der Waals surface area contributed by atoms with Crippen molar-refractivity contribution < 1.29 is 14.3 Å². The first-order valence-corrected chi connectivity index (χ1v) is 10.4. The van der Waals surface area contributed by atoms with Crippen molar-refractivity contribution in [2.45, 2.75) is 32.4 Å². The van der Waals surface area contributed by atoms with Gasteiger partial charge in [-0.1, -0.05) is 18.2 Å². The highest BCUT2D eigenvalue weighted by atomic mass is 16.5. The lowest BCUT2D eigenvalue weighted by atomic mass is 10.0. The number of carbonyl (C=O) groups excluding carboxylic acids is 2. The van der Waals surface area contributed by atoms with E-state index in [0.29, 0.717) is 37.3 Å². The van der Waals surface area contributed by atoms with Crippen LogP contribution in [0.2, 0.25) is 0 Å². The Hall–Kier alpha value is -3.55. The number of rotatable bonds is 5. The molecule has 162 valence electrons. The number of H-pyrrole nitrogens is 1. The van der Waals surface area contributed by atoms with Crippen LogP contribution >= 0.6 is 0 Å². The molecular formula is C23H26N4O4. The van der Waals surface area contributed by atoms with Crippen molar-refractivity contribution >= 4 is 22.7 Å². The number of amides is 2. The lowest BCUT2D eigenvalue weighted by molar-refractivity contribution is -0.122. The molecule has 0 unspecified atom stereocenters. The molecule has 2 aromatic heterocycles. The first-order valence-electron chi connectivity index (χ1n) is 10.4. The Morgan fingerprint density at radius 3 is 2.65 bits per heavy atom. The second kappa shape index (κ2) is 8.67. The van der Waals surface area contributed by atoms with Crippen LogP contribution in [0, 0.1) is 6.92 Å². The van der Waals surface area contributed by atoms with E-state index in [4.69, 9.17) is 4.74 Å². The fourth-order valence-electron chi connectivity index (χ4n) is 3.99. The summed E-state index contributed by atoms with van der Waals surface area (Å²) in [5.41, 5.74) is 2.03. The number of nitrogens with one attached hydrogen (secondary N) is 2. The van der Waals surface area contributed by atoms with Gasteiger partial charge in [-0.15, -0.1) is 0 Å². The number of ether oxygens (including phenoxy) is 1. The zero-order valence-electron chi connectivity index (χ0n) is 17.7. The van der Waals surface area contributed by atoms with E-state index in [9.17, 15) is 14.4 Å². The summed E-state index contributed by atoms with van der Waals surface area (Å²) in [7, 11) is 1.43. The molecule has 1 saturated heterocycles. The number of para-hydroxylation sites is 1. The predicted molar refractivity (Wildman–Crippen MR) is 117 cm³/mol. The van der Waals surface area contributed by atoms with Crippen molar-refractivity contribution in [1.82, 2.24) is 19.8 Å².